The number of anilines is 1. The van der Waals surface area contributed by atoms with E-state index in [1.807, 2.05) is 54.6 Å². The molecule has 1 aliphatic rings. The highest BCUT2D eigenvalue weighted by atomic mass is 16.5. The lowest BCUT2D eigenvalue weighted by Gasteiger charge is -2.17. The first-order valence-corrected chi connectivity index (χ1v) is 6.96. The number of hydrogen-bond acceptors (Lipinski definition) is 3. The van der Waals surface area contributed by atoms with Crippen molar-refractivity contribution in [3.8, 4) is 11.8 Å². The topological polar surface area (TPSA) is 62.1 Å². The highest BCUT2D eigenvalue weighted by Crippen LogP contribution is 2.29. The minimum absolute atomic E-state index is 0.0592. The summed E-state index contributed by atoms with van der Waals surface area (Å²) in [6.45, 7) is 0.0592. The molecule has 0 saturated heterocycles. The molecule has 2 aromatic carbocycles. The van der Waals surface area contributed by atoms with Crippen molar-refractivity contribution in [1.29, 1.82) is 5.26 Å². The minimum Gasteiger partial charge on any atom is -0.482 e. The number of ether oxygens (including phenoxy) is 1. The van der Waals surface area contributed by atoms with Gasteiger partial charge in [0.1, 0.15) is 5.75 Å². The van der Waals surface area contributed by atoms with Gasteiger partial charge in [-0.1, -0.05) is 42.5 Å². The number of nitrogens with one attached hydrogen (secondary N) is 1. The van der Waals surface area contributed by atoms with Crippen molar-refractivity contribution in [2.24, 2.45) is 0 Å². The van der Waals surface area contributed by atoms with Crippen LogP contribution >= 0.6 is 0 Å². The number of nitriles is 1. The minimum atomic E-state index is -0.145. The van der Waals surface area contributed by atoms with Crippen LogP contribution in [0.3, 0.4) is 0 Å². The molecule has 0 atom stereocenters. The molecule has 1 amide bonds. The van der Waals surface area contributed by atoms with Crippen LogP contribution in [0.4, 0.5) is 5.69 Å². The summed E-state index contributed by atoms with van der Waals surface area (Å²) in [6.07, 6.45) is 4.31. The molecule has 1 N–H and O–H groups in total. The van der Waals surface area contributed by atoms with Crippen molar-refractivity contribution >= 4 is 23.7 Å². The molecule has 108 valence electrons. The summed E-state index contributed by atoms with van der Waals surface area (Å²) >= 11 is 0. The van der Waals surface area contributed by atoms with Gasteiger partial charge in [0, 0.05) is 0 Å². The van der Waals surface area contributed by atoms with Crippen LogP contribution < -0.4 is 10.1 Å². The van der Waals surface area contributed by atoms with E-state index >= 15 is 0 Å². The summed E-state index contributed by atoms with van der Waals surface area (Å²) in [5.74, 6) is 0.537. The summed E-state index contributed by atoms with van der Waals surface area (Å²) in [5.41, 5.74) is 3.65. The number of amides is 1. The van der Waals surface area contributed by atoms with Crippen LogP contribution in [0.5, 0.6) is 5.75 Å². The summed E-state index contributed by atoms with van der Waals surface area (Å²) in [6, 6.07) is 15.6. The number of hydrogen-bond donors (Lipinski definition) is 1. The molecule has 0 unspecified atom stereocenters. The van der Waals surface area contributed by atoms with E-state index < -0.39 is 0 Å². The molecular weight excluding hydrogens is 276 g/mol. The first-order chi connectivity index (χ1) is 10.8. The lowest BCUT2D eigenvalue weighted by atomic mass is 10.0. The number of carbonyl (C=O) groups is 1. The van der Waals surface area contributed by atoms with Crippen LogP contribution in [-0.2, 0) is 11.2 Å². The van der Waals surface area contributed by atoms with Gasteiger partial charge in [0.05, 0.1) is 18.2 Å². The Kier molecular flexibility index (Phi) is 3.88. The number of carbonyl (C=O) groups excluding carboxylic acids is 1. The fourth-order valence-electron chi connectivity index (χ4n) is 2.33. The molecule has 1 heterocycles. The SMILES string of the molecule is N#CCc1ccccc1C=Cc1ccc2c(c1)NC(=O)CO2. The van der Waals surface area contributed by atoms with Crippen LogP contribution in [0.2, 0.25) is 0 Å². The van der Waals surface area contributed by atoms with Gasteiger partial charge >= 0.3 is 0 Å². The molecule has 2 aromatic rings. The van der Waals surface area contributed by atoms with Gasteiger partial charge in [-0.3, -0.25) is 4.79 Å². The molecule has 22 heavy (non-hydrogen) atoms. The highest BCUT2D eigenvalue weighted by Gasteiger charge is 2.15. The normalized spacial score (nSPS) is 13.1. The maximum Gasteiger partial charge on any atom is 0.262 e. The predicted octanol–water partition coefficient (Wildman–Crippen LogP) is 3.25. The fourth-order valence-corrected chi connectivity index (χ4v) is 2.33. The van der Waals surface area contributed by atoms with E-state index in [2.05, 4.69) is 11.4 Å². The number of benzene rings is 2. The van der Waals surface area contributed by atoms with Gasteiger partial charge in [0.2, 0.25) is 0 Å². The van der Waals surface area contributed by atoms with Gasteiger partial charge in [-0.15, -0.1) is 0 Å². The number of nitrogens with zero attached hydrogens (tertiary/aromatic N) is 1. The van der Waals surface area contributed by atoms with Crippen molar-refractivity contribution in [2.75, 3.05) is 11.9 Å². The van der Waals surface area contributed by atoms with Crippen LogP contribution in [0.1, 0.15) is 16.7 Å². The molecular formula is C18H14N2O2. The van der Waals surface area contributed by atoms with Gasteiger partial charge in [-0.05, 0) is 28.8 Å². The van der Waals surface area contributed by atoms with E-state index in [9.17, 15) is 4.79 Å². The first-order valence-electron chi connectivity index (χ1n) is 6.96. The smallest absolute Gasteiger partial charge is 0.262 e. The Hall–Kier alpha value is -3.06. The quantitative estimate of drug-likeness (QED) is 0.883. The molecule has 4 nitrogen and oxygen atoms in total. The zero-order valence-electron chi connectivity index (χ0n) is 11.9. The van der Waals surface area contributed by atoms with E-state index in [0.717, 1.165) is 16.7 Å². The third-order valence-corrected chi connectivity index (χ3v) is 3.42. The van der Waals surface area contributed by atoms with E-state index in [1.54, 1.807) is 0 Å². The maximum absolute atomic E-state index is 11.3. The van der Waals surface area contributed by atoms with E-state index in [-0.39, 0.29) is 12.5 Å². The molecule has 0 radical (unpaired) electrons. The zero-order chi connectivity index (χ0) is 15.4. The largest absolute Gasteiger partial charge is 0.482 e. The van der Waals surface area contributed by atoms with Crippen molar-refractivity contribution in [2.45, 2.75) is 6.42 Å². The average molecular weight is 290 g/mol. The Balaban J connectivity index is 1.86. The Labute approximate surface area is 128 Å². The lowest BCUT2D eigenvalue weighted by Crippen LogP contribution is -2.25. The molecule has 0 spiro atoms. The van der Waals surface area contributed by atoms with Gasteiger partial charge in [0.25, 0.3) is 5.91 Å². The summed E-state index contributed by atoms with van der Waals surface area (Å²) in [4.78, 5) is 11.3. The molecule has 0 aliphatic carbocycles. The van der Waals surface area contributed by atoms with Gasteiger partial charge in [-0.25, -0.2) is 0 Å². The molecule has 0 saturated carbocycles. The van der Waals surface area contributed by atoms with E-state index in [4.69, 9.17) is 10.00 Å². The van der Waals surface area contributed by atoms with Crippen LogP contribution in [0, 0.1) is 11.3 Å². The Morgan fingerprint density at radius 3 is 2.95 bits per heavy atom. The Morgan fingerprint density at radius 2 is 2.09 bits per heavy atom. The summed E-state index contributed by atoms with van der Waals surface area (Å²) in [5, 5.41) is 11.6. The Morgan fingerprint density at radius 1 is 1.23 bits per heavy atom. The van der Waals surface area contributed by atoms with Crippen LogP contribution in [0.25, 0.3) is 12.2 Å². The summed E-state index contributed by atoms with van der Waals surface area (Å²) in [7, 11) is 0. The molecule has 0 fully saturated rings. The second-order valence-electron chi connectivity index (χ2n) is 4.96. The fraction of sp³-hybridized carbons (Fsp3) is 0.111. The molecule has 1 aliphatic heterocycles. The second kappa shape index (κ2) is 6.15. The van der Waals surface area contributed by atoms with Gasteiger partial charge in [-0.2, -0.15) is 5.26 Å². The zero-order valence-corrected chi connectivity index (χ0v) is 11.9. The second-order valence-corrected chi connectivity index (χ2v) is 4.96. The molecule has 4 heteroatoms. The summed E-state index contributed by atoms with van der Waals surface area (Å²) < 4.78 is 5.33. The van der Waals surface area contributed by atoms with Crippen LogP contribution in [0.15, 0.2) is 42.5 Å². The Bertz CT molecular complexity index is 788. The number of fused-ring (bicyclic) bond motifs is 1. The highest BCUT2D eigenvalue weighted by molar-refractivity contribution is 5.95. The monoisotopic (exact) mass is 290 g/mol. The van der Waals surface area contributed by atoms with Crippen molar-refractivity contribution < 1.29 is 9.53 Å². The van der Waals surface area contributed by atoms with Crippen molar-refractivity contribution in [1.82, 2.24) is 0 Å². The van der Waals surface area contributed by atoms with Gasteiger partial charge < -0.3 is 10.1 Å². The molecule has 0 aromatic heterocycles. The molecule has 3 rings (SSSR count). The predicted molar refractivity (Wildman–Crippen MR) is 85.3 cm³/mol. The first kappa shape index (κ1) is 13.9. The standard InChI is InChI=1S/C18H14N2O2/c19-10-9-15-4-2-1-3-14(15)7-5-13-6-8-17-16(11-13)20-18(21)12-22-17/h1-8,11H,9,12H2,(H,20,21). The van der Waals surface area contributed by atoms with Crippen molar-refractivity contribution in [3.63, 3.8) is 0 Å². The number of rotatable bonds is 3. The van der Waals surface area contributed by atoms with Crippen molar-refractivity contribution in [3.05, 3.63) is 59.2 Å². The van der Waals surface area contributed by atoms with Crippen LogP contribution in [-0.4, -0.2) is 12.5 Å². The average Bonchev–Trinajstić information content (AvgIpc) is 2.54. The van der Waals surface area contributed by atoms with E-state index in [0.29, 0.717) is 17.9 Å². The third-order valence-electron chi connectivity index (χ3n) is 3.42. The maximum atomic E-state index is 11.3. The van der Waals surface area contributed by atoms with E-state index in [1.165, 1.54) is 0 Å². The van der Waals surface area contributed by atoms with Gasteiger partial charge in [0.15, 0.2) is 6.61 Å². The molecule has 0 bridgehead atoms. The third kappa shape index (κ3) is 2.99. The lowest BCUT2D eigenvalue weighted by molar-refractivity contribution is -0.118.